The summed E-state index contributed by atoms with van der Waals surface area (Å²) in [6.45, 7) is 7.22. The van der Waals surface area contributed by atoms with E-state index in [1.807, 2.05) is 12.1 Å². The number of aromatic nitrogens is 1. The van der Waals surface area contributed by atoms with E-state index in [0.29, 0.717) is 11.2 Å². The second-order valence-corrected chi connectivity index (χ2v) is 5.26. The topological polar surface area (TPSA) is 28.2 Å². The molecular weight excluding hydrogens is 282 g/mol. The van der Waals surface area contributed by atoms with Crippen molar-refractivity contribution in [3.8, 4) is 0 Å². The van der Waals surface area contributed by atoms with Crippen LogP contribution in [0.5, 0.6) is 0 Å². The molecule has 0 spiro atoms. The van der Waals surface area contributed by atoms with Gasteiger partial charge in [0.25, 0.3) is 0 Å². The predicted molar refractivity (Wildman–Crippen MR) is 89.8 cm³/mol. The number of pyridine rings is 1. The van der Waals surface area contributed by atoms with E-state index >= 15 is 0 Å². The molecule has 21 heavy (non-hydrogen) atoms. The van der Waals surface area contributed by atoms with E-state index in [2.05, 4.69) is 59.4 Å². The molecule has 1 unspecified atom stereocenters. The third-order valence-corrected chi connectivity index (χ3v) is 3.84. The molecule has 1 aromatic heterocycles. The Balaban J connectivity index is 2.13. The molecule has 0 radical (unpaired) electrons. The largest absolute Gasteiger partial charge is 0.368 e. The lowest BCUT2D eigenvalue weighted by atomic mass is 10.1. The van der Waals surface area contributed by atoms with E-state index in [1.165, 1.54) is 5.56 Å². The van der Waals surface area contributed by atoms with Crippen molar-refractivity contribution in [2.24, 2.45) is 0 Å². The Morgan fingerprint density at radius 2 is 1.76 bits per heavy atom. The van der Waals surface area contributed by atoms with Crippen LogP contribution in [0.2, 0.25) is 5.15 Å². The number of benzene rings is 1. The number of likely N-dealkylation sites (N-methyl/N-ethyl adjacent to an activating group) is 1. The van der Waals surface area contributed by atoms with Crippen molar-refractivity contribution in [1.29, 1.82) is 0 Å². The maximum Gasteiger partial charge on any atom is 0.131 e. The Hall–Kier alpha value is -1.58. The number of anilines is 1. The lowest BCUT2D eigenvalue weighted by Crippen LogP contribution is -2.33. The highest BCUT2D eigenvalue weighted by molar-refractivity contribution is 6.29. The van der Waals surface area contributed by atoms with Crippen LogP contribution in [-0.4, -0.2) is 29.5 Å². The summed E-state index contributed by atoms with van der Waals surface area (Å²) in [6, 6.07) is 16.5. The molecule has 4 heteroatoms. The molecule has 1 atom stereocenters. The van der Waals surface area contributed by atoms with E-state index in [9.17, 15) is 0 Å². The summed E-state index contributed by atoms with van der Waals surface area (Å²) in [6.07, 6.45) is 0. The molecule has 0 amide bonds. The number of nitrogens with zero attached hydrogens (tertiary/aromatic N) is 2. The van der Waals surface area contributed by atoms with Crippen LogP contribution < -0.4 is 5.32 Å². The van der Waals surface area contributed by atoms with Gasteiger partial charge in [-0.3, -0.25) is 4.90 Å². The van der Waals surface area contributed by atoms with Gasteiger partial charge in [0.2, 0.25) is 0 Å². The van der Waals surface area contributed by atoms with E-state index in [0.717, 1.165) is 25.5 Å². The van der Waals surface area contributed by atoms with Gasteiger partial charge in [-0.1, -0.05) is 61.8 Å². The third kappa shape index (κ3) is 4.45. The van der Waals surface area contributed by atoms with Crippen molar-refractivity contribution in [2.75, 3.05) is 25.0 Å². The molecular formula is C17H22ClN3. The fourth-order valence-corrected chi connectivity index (χ4v) is 2.67. The lowest BCUT2D eigenvalue weighted by molar-refractivity contribution is 0.228. The molecule has 0 bridgehead atoms. The Morgan fingerprint density at radius 1 is 1.05 bits per heavy atom. The molecule has 0 aliphatic carbocycles. The molecule has 1 aromatic carbocycles. The fourth-order valence-electron chi connectivity index (χ4n) is 2.51. The van der Waals surface area contributed by atoms with Gasteiger partial charge in [0.05, 0.1) is 6.04 Å². The summed E-state index contributed by atoms with van der Waals surface area (Å²) in [5.41, 5.74) is 1.32. The van der Waals surface area contributed by atoms with E-state index in [-0.39, 0.29) is 0 Å². The van der Waals surface area contributed by atoms with Crippen molar-refractivity contribution >= 4 is 17.4 Å². The summed E-state index contributed by atoms with van der Waals surface area (Å²) in [4.78, 5) is 6.72. The minimum absolute atomic E-state index is 0.321. The van der Waals surface area contributed by atoms with Gasteiger partial charge in [0.1, 0.15) is 11.0 Å². The molecule has 112 valence electrons. The summed E-state index contributed by atoms with van der Waals surface area (Å²) in [5, 5.41) is 3.91. The van der Waals surface area contributed by atoms with Crippen LogP contribution in [0, 0.1) is 0 Å². The summed E-state index contributed by atoms with van der Waals surface area (Å²) in [5.74, 6) is 0.815. The molecule has 1 N–H and O–H groups in total. The van der Waals surface area contributed by atoms with Crippen molar-refractivity contribution < 1.29 is 0 Å². The number of rotatable bonds is 7. The van der Waals surface area contributed by atoms with Gasteiger partial charge in [0.15, 0.2) is 0 Å². The molecule has 0 aliphatic rings. The monoisotopic (exact) mass is 303 g/mol. The first-order valence-corrected chi connectivity index (χ1v) is 7.77. The van der Waals surface area contributed by atoms with Crippen molar-refractivity contribution in [2.45, 2.75) is 19.9 Å². The van der Waals surface area contributed by atoms with Crippen LogP contribution in [0.3, 0.4) is 0 Å². The van der Waals surface area contributed by atoms with Crippen LogP contribution in [0.15, 0.2) is 48.5 Å². The van der Waals surface area contributed by atoms with Gasteiger partial charge in [-0.05, 0) is 30.8 Å². The zero-order valence-corrected chi connectivity index (χ0v) is 13.3. The second kappa shape index (κ2) is 8.01. The van der Waals surface area contributed by atoms with Gasteiger partial charge in [-0.2, -0.15) is 0 Å². The van der Waals surface area contributed by atoms with Gasteiger partial charge < -0.3 is 5.32 Å². The normalized spacial score (nSPS) is 12.4. The molecule has 0 aliphatic heterocycles. The highest BCUT2D eigenvalue weighted by atomic mass is 35.5. The number of nitrogens with one attached hydrogen (secondary N) is 1. The van der Waals surface area contributed by atoms with Crippen LogP contribution in [0.4, 0.5) is 5.82 Å². The SMILES string of the molecule is CCN(CC)C(CNc1cccc(Cl)n1)c1ccccc1. The zero-order chi connectivity index (χ0) is 15.1. The minimum Gasteiger partial charge on any atom is -0.368 e. The zero-order valence-electron chi connectivity index (χ0n) is 12.6. The first-order valence-electron chi connectivity index (χ1n) is 7.40. The Morgan fingerprint density at radius 3 is 2.38 bits per heavy atom. The quantitative estimate of drug-likeness (QED) is 0.776. The second-order valence-electron chi connectivity index (χ2n) is 4.87. The average molecular weight is 304 g/mol. The van der Waals surface area contributed by atoms with E-state index in [4.69, 9.17) is 11.6 Å². The maximum atomic E-state index is 5.93. The highest BCUT2D eigenvalue weighted by Gasteiger charge is 2.17. The Labute approximate surface area is 132 Å². The summed E-state index contributed by atoms with van der Waals surface area (Å²) in [7, 11) is 0. The first kappa shape index (κ1) is 15.8. The third-order valence-electron chi connectivity index (χ3n) is 3.63. The first-order chi connectivity index (χ1) is 10.2. The number of halogens is 1. The predicted octanol–water partition coefficient (Wildman–Crippen LogP) is 4.23. The van der Waals surface area contributed by atoms with Gasteiger partial charge in [-0.25, -0.2) is 4.98 Å². The molecule has 0 fully saturated rings. The van der Waals surface area contributed by atoms with Crippen molar-refractivity contribution in [3.05, 3.63) is 59.2 Å². The van der Waals surface area contributed by atoms with Crippen LogP contribution in [0.25, 0.3) is 0 Å². The van der Waals surface area contributed by atoms with Crippen molar-refractivity contribution in [3.63, 3.8) is 0 Å². The molecule has 0 saturated carbocycles. The Bertz CT molecular complexity index is 541. The molecule has 2 rings (SSSR count). The molecule has 1 heterocycles. The standard InChI is InChI=1S/C17H22ClN3/c1-3-21(4-2)15(14-9-6-5-7-10-14)13-19-17-12-8-11-16(18)20-17/h5-12,15H,3-4,13H2,1-2H3,(H,19,20). The van der Waals surface area contributed by atoms with Crippen LogP contribution >= 0.6 is 11.6 Å². The van der Waals surface area contributed by atoms with E-state index in [1.54, 1.807) is 6.07 Å². The number of hydrogen-bond acceptors (Lipinski definition) is 3. The molecule has 3 nitrogen and oxygen atoms in total. The summed E-state index contributed by atoms with van der Waals surface area (Å²) < 4.78 is 0. The van der Waals surface area contributed by atoms with Crippen molar-refractivity contribution in [1.82, 2.24) is 9.88 Å². The van der Waals surface area contributed by atoms with Crippen LogP contribution in [-0.2, 0) is 0 Å². The maximum absolute atomic E-state index is 5.93. The molecule has 2 aromatic rings. The average Bonchev–Trinajstić information content (AvgIpc) is 2.52. The highest BCUT2D eigenvalue weighted by Crippen LogP contribution is 2.21. The minimum atomic E-state index is 0.321. The Kier molecular flexibility index (Phi) is 6.03. The fraction of sp³-hybridized carbons (Fsp3) is 0.353. The summed E-state index contributed by atoms with van der Waals surface area (Å²) >= 11 is 5.93. The smallest absolute Gasteiger partial charge is 0.131 e. The number of hydrogen-bond donors (Lipinski definition) is 1. The lowest BCUT2D eigenvalue weighted by Gasteiger charge is -2.30. The van der Waals surface area contributed by atoms with Gasteiger partial charge in [0, 0.05) is 6.54 Å². The van der Waals surface area contributed by atoms with E-state index < -0.39 is 0 Å². The van der Waals surface area contributed by atoms with Crippen LogP contribution in [0.1, 0.15) is 25.5 Å². The van der Waals surface area contributed by atoms with Gasteiger partial charge >= 0.3 is 0 Å². The molecule has 0 saturated heterocycles. The van der Waals surface area contributed by atoms with Gasteiger partial charge in [-0.15, -0.1) is 0 Å².